The molecule has 5 heteroatoms. The Morgan fingerprint density at radius 2 is 2.10 bits per heavy atom. The number of ether oxygens (including phenoxy) is 1. The van der Waals surface area contributed by atoms with Gasteiger partial charge in [-0.2, -0.15) is 0 Å². The van der Waals surface area contributed by atoms with Crippen LogP contribution in [0.1, 0.15) is 46.0 Å². The summed E-state index contributed by atoms with van der Waals surface area (Å²) in [5.41, 5.74) is 0. The number of nitrogens with zero attached hydrogens (tertiary/aromatic N) is 1. The Morgan fingerprint density at radius 3 is 2.71 bits per heavy atom. The SMILES string of the molecule is CCOC(=O)N1CC(NCC2CCCC2)CC(C(C)O)C1. The van der Waals surface area contributed by atoms with Crippen molar-refractivity contribution in [3.8, 4) is 0 Å². The average molecular weight is 298 g/mol. The molecule has 1 heterocycles. The van der Waals surface area contributed by atoms with Crippen LogP contribution in [-0.2, 0) is 4.74 Å². The van der Waals surface area contributed by atoms with Gasteiger partial charge in [-0.05, 0) is 45.6 Å². The van der Waals surface area contributed by atoms with Crippen LogP contribution in [0.15, 0.2) is 0 Å². The first kappa shape index (κ1) is 16.6. The molecule has 21 heavy (non-hydrogen) atoms. The zero-order valence-electron chi connectivity index (χ0n) is 13.4. The Balaban J connectivity index is 1.87. The van der Waals surface area contributed by atoms with Gasteiger partial charge in [0.15, 0.2) is 0 Å². The normalized spacial score (nSPS) is 28.6. The first-order chi connectivity index (χ1) is 10.1. The molecular weight excluding hydrogens is 268 g/mol. The standard InChI is InChI=1S/C16H30N2O3/c1-3-21-16(20)18-10-14(12(2)19)8-15(11-18)17-9-13-6-4-5-7-13/h12-15,17,19H,3-11H2,1-2H3. The number of hydrogen-bond donors (Lipinski definition) is 2. The minimum atomic E-state index is -0.391. The molecule has 3 atom stereocenters. The third kappa shape index (κ3) is 4.85. The van der Waals surface area contributed by atoms with E-state index in [4.69, 9.17) is 4.74 Å². The van der Waals surface area contributed by atoms with Gasteiger partial charge < -0.3 is 20.1 Å². The van der Waals surface area contributed by atoms with Crippen LogP contribution in [0.4, 0.5) is 4.79 Å². The molecule has 1 saturated carbocycles. The zero-order valence-corrected chi connectivity index (χ0v) is 13.4. The third-order valence-electron chi connectivity index (χ3n) is 4.86. The summed E-state index contributed by atoms with van der Waals surface area (Å²) in [7, 11) is 0. The minimum absolute atomic E-state index is 0.129. The molecule has 0 bridgehead atoms. The van der Waals surface area contributed by atoms with Crippen molar-refractivity contribution < 1.29 is 14.6 Å². The van der Waals surface area contributed by atoms with Gasteiger partial charge in [0.05, 0.1) is 12.7 Å². The van der Waals surface area contributed by atoms with Gasteiger partial charge in [-0.1, -0.05) is 12.8 Å². The number of hydrogen-bond acceptors (Lipinski definition) is 4. The summed E-state index contributed by atoms with van der Waals surface area (Å²) < 4.78 is 5.11. The molecule has 0 radical (unpaired) electrons. The fraction of sp³-hybridized carbons (Fsp3) is 0.938. The van der Waals surface area contributed by atoms with E-state index < -0.39 is 6.10 Å². The fourth-order valence-corrected chi connectivity index (χ4v) is 3.55. The molecule has 1 aliphatic heterocycles. The highest BCUT2D eigenvalue weighted by Gasteiger charge is 2.33. The number of carbonyl (C=O) groups excluding carboxylic acids is 1. The summed E-state index contributed by atoms with van der Waals surface area (Å²) in [6.45, 7) is 6.35. The largest absolute Gasteiger partial charge is 0.450 e. The molecule has 0 aromatic heterocycles. The number of aliphatic hydroxyl groups is 1. The smallest absolute Gasteiger partial charge is 0.409 e. The predicted molar refractivity (Wildman–Crippen MR) is 82.1 cm³/mol. The highest BCUT2D eigenvalue weighted by molar-refractivity contribution is 5.67. The van der Waals surface area contributed by atoms with Gasteiger partial charge >= 0.3 is 6.09 Å². The van der Waals surface area contributed by atoms with Gasteiger partial charge in [0.1, 0.15) is 0 Å². The number of piperidine rings is 1. The van der Waals surface area contributed by atoms with Gasteiger partial charge in [0.2, 0.25) is 0 Å². The molecule has 2 rings (SSSR count). The number of aliphatic hydroxyl groups excluding tert-OH is 1. The van der Waals surface area contributed by atoms with Crippen molar-refractivity contribution in [1.82, 2.24) is 10.2 Å². The summed E-state index contributed by atoms with van der Waals surface area (Å²) in [5.74, 6) is 0.914. The van der Waals surface area contributed by atoms with E-state index in [2.05, 4.69) is 5.32 Å². The van der Waals surface area contributed by atoms with E-state index in [-0.39, 0.29) is 18.1 Å². The summed E-state index contributed by atoms with van der Waals surface area (Å²) in [6.07, 6.45) is 5.63. The molecule has 1 amide bonds. The van der Waals surface area contributed by atoms with Crippen LogP contribution in [0.25, 0.3) is 0 Å². The molecule has 1 saturated heterocycles. The van der Waals surface area contributed by atoms with E-state index >= 15 is 0 Å². The van der Waals surface area contributed by atoms with Crippen LogP contribution in [0.5, 0.6) is 0 Å². The van der Waals surface area contributed by atoms with E-state index in [0.29, 0.717) is 19.7 Å². The van der Waals surface area contributed by atoms with Crippen molar-refractivity contribution >= 4 is 6.09 Å². The average Bonchev–Trinajstić information content (AvgIpc) is 2.98. The molecule has 0 aromatic carbocycles. The molecule has 0 spiro atoms. The van der Waals surface area contributed by atoms with Crippen LogP contribution in [0.3, 0.4) is 0 Å². The van der Waals surface area contributed by atoms with Gasteiger partial charge in [-0.3, -0.25) is 0 Å². The summed E-state index contributed by atoms with van der Waals surface area (Å²) in [6, 6.07) is 0.267. The molecule has 0 aromatic rings. The highest BCUT2D eigenvalue weighted by Crippen LogP contribution is 2.25. The van der Waals surface area contributed by atoms with Gasteiger partial charge in [-0.25, -0.2) is 4.79 Å². The zero-order chi connectivity index (χ0) is 15.2. The van der Waals surface area contributed by atoms with Gasteiger partial charge in [0.25, 0.3) is 0 Å². The Kier molecular flexibility index (Phi) is 6.30. The van der Waals surface area contributed by atoms with Crippen molar-refractivity contribution in [2.75, 3.05) is 26.2 Å². The van der Waals surface area contributed by atoms with Crippen molar-refractivity contribution in [2.45, 2.75) is 58.1 Å². The maximum absolute atomic E-state index is 12.0. The maximum Gasteiger partial charge on any atom is 0.409 e. The lowest BCUT2D eigenvalue weighted by Crippen LogP contribution is -2.53. The Labute approximate surface area is 128 Å². The van der Waals surface area contributed by atoms with Crippen molar-refractivity contribution in [2.24, 2.45) is 11.8 Å². The molecular formula is C16H30N2O3. The molecule has 2 N–H and O–H groups in total. The van der Waals surface area contributed by atoms with Gasteiger partial charge in [-0.15, -0.1) is 0 Å². The van der Waals surface area contributed by atoms with Gasteiger partial charge in [0, 0.05) is 25.0 Å². The first-order valence-electron chi connectivity index (χ1n) is 8.43. The van der Waals surface area contributed by atoms with E-state index in [1.165, 1.54) is 25.7 Å². The molecule has 5 nitrogen and oxygen atoms in total. The minimum Gasteiger partial charge on any atom is -0.450 e. The molecule has 3 unspecified atom stereocenters. The van der Waals surface area contributed by atoms with Crippen LogP contribution in [-0.4, -0.2) is 54.5 Å². The monoisotopic (exact) mass is 298 g/mol. The summed E-state index contributed by atoms with van der Waals surface area (Å²) in [5, 5.41) is 13.5. The summed E-state index contributed by atoms with van der Waals surface area (Å²) >= 11 is 0. The molecule has 122 valence electrons. The lowest BCUT2D eigenvalue weighted by molar-refractivity contribution is 0.0373. The number of amides is 1. The molecule has 2 fully saturated rings. The van der Waals surface area contributed by atoms with Crippen LogP contribution in [0, 0.1) is 11.8 Å². The number of carbonyl (C=O) groups is 1. The van der Waals surface area contributed by atoms with E-state index in [1.807, 2.05) is 13.8 Å². The van der Waals surface area contributed by atoms with E-state index in [1.54, 1.807) is 4.90 Å². The third-order valence-corrected chi connectivity index (χ3v) is 4.86. The number of likely N-dealkylation sites (tertiary alicyclic amines) is 1. The van der Waals surface area contributed by atoms with Crippen molar-refractivity contribution in [1.29, 1.82) is 0 Å². The van der Waals surface area contributed by atoms with Crippen LogP contribution in [0.2, 0.25) is 0 Å². The lowest BCUT2D eigenvalue weighted by Gasteiger charge is -2.39. The predicted octanol–water partition coefficient (Wildman–Crippen LogP) is 1.99. The first-order valence-corrected chi connectivity index (χ1v) is 8.43. The maximum atomic E-state index is 12.0. The van der Waals surface area contributed by atoms with E-state index in [9.17, 15) is 9.90 Å². The Hall–Kier alpha value is -0.810. The number of nitrogens with one attached hydrogen (secondary N) is 1. The second kappa shape index (κ2) is 7.99. The topological polar surface area (TPSA) is 61.8 Å². The van der Waals surface area contributed by atoms with Crippen LogP contribution >= 0.6 is 0 Å². The lowest BCUT2D eigenvalue weighted by atomic mass is 9.90. The quantitative estimate of drug-likeness (QED) is 0.815. The van der Waals surface area contributed by atoms with E-state index in [0.717, 1.165) is 18.9 Å². The van der Waals surface area contributed by atoms with Crippen molar-refractivity contribution in [3.05, 3.63) is 0 Å². The molecule has 1 aliphatic carbocycles. The highest BCUT2D eigenvalue weighted by atomic mass is 16.6. The second-order valence-corrected chi connectivity index (χ2v) is 6.60. The number of rotatable bonds is 5. The van der Waals surface area contributed by atoms with Crippen LogP contribution < -0.4 is 5.32 Å². The Bertz CT molecular complexity index is 329. The second-order valence-electron chi connectivity index (χ2n) is 6.60. The van der Waals surface area contributed by atoms with Crippen molar-refractivity contribution in [3.63, 3.8) is 0 Å². The molecule has 2 aliphatic rings. The summed E-state index contributed by atoms with van der Waals surface area (Å²) in [4.78, 5) is 13.7. The Morgan fingerprint density at radius 1 is 1.38 bits per heavy atom. The fourth-order valence-electron chi connectivity index (χ4n) is 3.55.